The van der Waals surface area contributed by atoms with Gasteiger partial charge in [0.05, 0.1) is 11.8 Å². The molecule has 1 aromatic rings. The summed E-state index contributed by atoms with van der Waals surface area (Å²) in [4.78, 5) is 15.2. The van der Waals surface area contributed by atoms with Crippen molar-refractivity contribution in [1.29, 1.82) is 5.26 Å². The van der Waals surface area contributed by atoms with Crippen LogP contribution in [0.1, 0.15) is 12.5 Å². The predicted octanol–water partition coefficient (Wildman–Crippen LogP) is 4.22. The second-order valence-electron chi connectivity index (χ2n) is 6.04. The Kier molecular flexibility index (Phi) is 6.04. The van der Waals surface area contributed by atoms with Crippen LogP contribution < -0.4 is 5.32 Å². The Morgan fingerprint density at radius 1 is 1.41 bits per heavy atom. The summed E-state index contributed by atoms with van der Waals surface area (Å²) in [6.45, 7) is 9.89. The van der Waals surface area contributed by atoms with Crippen LogP contribution in [0.4, 0.5) is 0 Å². The Labute approximate surface area is 166 Å². The maximum absolute atomic E-state index is 12.7. The molecule has 0 aromatic heterocycles. The van der Waals surface area contributed by atoms with Gasteiger partial charge in [0, 0.05) is 9.80 Å². The molecule has 2 aliphatic rings. The van der Waals surface area contributed by atoms with Gasteiger partial charge in [-0.25, -0.2) is 0 Å². The summed E-state index contributed by atoms with van der Waals surface area (Å²) in [6.07, 6.45) is 4.23. The lowest BCUT2D eigenvalue weighted by molar-refractivity contribution is -0.114. The van der Waals surface area contributed by atoms with Crippen molar-refractivity contribution in [3.8, 4) is 6.07 Å². The molecule has 0 saturated carbocycles. The van der Waals surface area contributed by atoms with Crippen LogP contribution in [0.25, 0.3) is 6.08 Å². The van der Waals surface area contributed by atoms with Gasteiger partial charge in [-0.15, -0.1) is 22.2 Å². The van der Waals surface area contributed by atoms with Crippen molar-refractivity contribution in [2.75, 3.05) is 13.2 Å². The van der Waals surface area contributed by atoms with Crippen LogP contribution in [-0.2, 0) is 9.53 Å². The van der Waals surface area contributed by atoms with E-state index in [1.807, 2.05) is 36.6 Å². The molecule has 0 aliphatic carbocycles. The van der Waals surface area contributed by atoms with Crippen LogP contribution in [0.3, 0.4) is 0 Å². The first-order valence-electron chi connectivity index (χ1n) is 8.43. The summed E-state index contributed by atoms with van der Waals surface area (Å²) < 4.78 is 5.42. The van der Waals surface area contributed by atoms with Gasteiger partial charge in [0.2, 0.25) is 0 Å². The fourth-order valence-electron chi connectivity index (χ4n) is 2.73. The number of nitrogens with zero attached hydrogens (tertiary/aromatic N) is 1. The second kappa shape index (κ2) is 8.47. The maximum Gasteiger partial charge on any atom is 0.268 e. The number of hydrogen-bond acceptors (Lipinski definition) is 4. The highest BCUT2D eigenvalue weighted by Gasteiger charge is 2.31. The molecule has 138 valence electrons. The Morgan fingerprint density at radius 2 is 2.19 bits per heavy atom. The second-order valence-corrected chi connectivity index (χ2v) is 9.05. The van der Waals surface area contributed by atoms with E-state index in [4.69, 9.17) is 4.74 Å². The first kappa shape index (κ1) is 19.3. The van der Waals surface area contributed by atoms with E-state index in [1.165, 1.54) is 4.91 Å². The van der Waals surface area contributed by atoms with Gasteiger partial charge >= 0.3 is 0 Å². The summed E-state index contributed by atoms with van der Waals surface area (Å²) in [5, 5.41) is 14.7. The normalized spacial score (nSPS) is 19.9. The molecule has 27 heavy (non-hydrogen) atoms. The van der Waals surface area contributed by atoms with E-state index >= 15 is 0 Å². The molecular weight excluding hydrogens is 376 g/mol. The molecule has 3 rings (SSSR count). The molecule has 0 spiro atoms. The fourth-order valence-corrected chi connectivity index (χ4v) is 6.35. The monoisotopic (exact) mass is 396 g/mol. The number of thioether (sulfide) groups is 1. The lowest BCUT2D eigenvalue weighted by Crippen LogP contribution is -2.34. The zero-order valence-electron chi connectivity index (χ0n) is 15.0. The smallest absolute Gasteiger partial charge is 0.268 e. The van der Waals surface area contributed by atoms with Crippen molar-refractivity contribution in [3.05, 3.63) is 70.7 Å². The quantitative estimate of drug-likeness (QED) is 0.339. The predicted molar refractivity (Wildman–Crippen MR) is 114 cm³/mol. The average Bonchev–Trinajstić information content (AvgIpc) is 3.13. The van der Waals surface area contributed by atoms with E-state index < -0.39 is 10.5 Å². The molecule has 2 unspecified atom stereocenters. The van der Waals surface area contributed by atoms with Crippen LogP contribution >= 0.6 is 22.2 Å². The molecule has 6 heteroatoms. The summed E-state index contributed by atoms with van der Waals surface area (Å²) in [5.41, 5.74) is 1.82. The summed E-state index contributed by atoms with van der Waals surface area (Å²) in [7, 11) is -0.619. The van der Waals surface area contributed by atoms with Crippen LogP contribution in [-0.4, -0.2) is 29.2 Å². The van der Waals surface area contributed by atoms with Crippen LogP contribution in [0.15, 0.2) is 70.0 Å². The highest BCUT2D eigenvalue weighted by atomic mass is 32.2. The fraction of sp³-hybridized carbons (Fsp3) is 0.190. The summed E-state index contributed by atoms with van der Waals surface area (Å²) in [6, 6.07) is 10.1. The number of rotatable bonds is 6. The van der Waals surface area contributed by atoms with E-state index in [-0.39, 0.29) is 22.6 Å². The molecule has 1 amide bonds. The van der Waals surface area contributed by atoms with Gasteiger partial charge in [0.25, 0.3) is 5.91 Å². The molecule has 0 saturated heterocycles. The number of ether oxygens (including phenoxy) is 1. The number of fused-ring (bicyclic) bond motifs is 2. The Bertz CT molecular complexity index is 951. The Balaban J connectivity index is 1.83. The number of hydrogen-bond donors (Lipinski definition) is 1. The minimum atomic E-state index is -0.619. The van der Waals surface area contributed by atoms with Gasteiger partial charge in [-0.2, -0.15) is 5.26 Å². The maximum atomic E-state index is 12.7. The largest absolute Gasteiger partial charge is 0.492 e. The molecule has 0 bridgehead atoms. The molecule has 0 fully saturated rings. The molecular formula is C21H20N2O2S2. The van der Waals surface area contributed by atoms with E-state index in [0.717, 1.165) is 16.0 Å². The van der Waals surface area contributed by atoms with Crippen molar-refractivity contribution in [3.63, 3.8) is 0 Å². The van der Waals surface area contributed by atoms with E-state index in [9.17, 15) is 10.1 Å². The van der Waals surface area contributed by atoms with Gasteiger partial charge in [0.1, 0.15) is 23.3 Å². The number of allylic oxidation sites excluding steroid dienone is 1. The minimum Gasteiger partial charge on any atom is -0.492 e. The third-order valence-corrected chi connectivity index (χ3v) is 7.68. The molecule has 4 nitrogen and oxygen atoms in total. The molecule has 0 radical (unpaired) electrons. The zero-order chi connectivity index (χ0) is 19.4. The number of benzene rings is 1. The number of amides is 1. The van der Waals surface area contributed by atoms with Crippen molar-refractivity contribution in [1.82, 2.24) is 5.32 Å². The third-order valence-electron chi connectivity index (χ3n) is 4.11. The topological polar surface area (TPSA) is 62.1 Å². The first-order chi connectivity index (χ1) is 13.0. The van der Waals surface area contributed by atoms with Crippen LogP contribution in [0.2, 0.25) is 0 Å². The number of carbonyl (C=O) groups is 1. The summed E-state index contributed by atoms with van der Waals surface area (Å²) >= 11 is 1.66. The lowest BCUT2D eigenvalue weighted by atomic mass is 10.2. The van der Waals surface area contributed by atoms with E-state index in [1.54, 1.807) is 11.8 Å². The third kappa shape index (κ3) is 4.10. The lowest BCUT2D eigenvalue weighted by Gasteiger charge is -2.25. The van der Waals surface area contributed by atoms with Crippen LogP contribution in [0.5, 0.6) is 0 Å². The number of nitriles is 1. The molecule has 1 aromatic carbocycles. The van der Waals surface area contributed by atoms with Gasteiger partial charge in [0.15, 0.2) is 0 Å². The van der Waals surface area contributed by atoms with Crippen molar-refractivity contribution >= 4 is 39.1 Å². The molecule has 2 aliphatic heterocycles. The number of nitrogens with one attached hydrogen (secondary N) is 1. The van der Waals surface area contributed by atoms with Crippen molar-refractivity contribution in [2.45, 2.75) is 17.1 Å². The SMILES string of the molecule is C=C(C)C(=C)OCCNC(=O)C(C#N)=S1c2ccccc2C=C2SC=CC21. The Morgan fingerprint density at radius 3 is 2.93 bits per heavy atom. The number of carbonyl (C=O) groups excluding carboxylic acids is 1. The van der Waals surface area contributed by atoms with Gasteiger partial charge in [-0.3, -0.25) is 4.79 Å². The van der Waals surface area contributed by atoms with Gasteiger partial charge in [-0.1, -0.05) is 37.4 Å². The highest BCUT2D eigenvalue weighted by molar-refractivity contribution is 8.19. The molecule has 2 atom stereocenters. The van der Waals surface area contributed by atoms with E-state index in [2.05, 4.69) is 36.7 Å². The zero-order valence-corrected chi connectivity index (χ0v) is 16.7. The summed E-state index contributed by atoms with van der Waals surface area (Å²) in [5.74, 6) is 0.159. The average molecular weight is 397 g/mol. The van der Waals surface area contributed by atoms with Crippen molar-refractivity contribution < 1.29 is 9.53 Å². The standard InChI is InChI=1S/C21H20N2O2S2/c1-14(2)15(3)25-10-9-23-21(24)20(13-22)27-18-7-5-4-6-16(18)12-17-19(27)8-11-26-17/h4-8,11-12,19H,1,3,9-10H2,2H3,(H,23,24). The first-order valence-corrected chi connectivity index (χ1v) is 10.6. The molecule has 2 heterocycles. The molecule has 1 N–H and O–H groups in total. The van der Waals surface area contributed by atoms with Gasteiger partial charge in [-0.05, 0) is 35.6 Å². The highest BCUT2D eigenvalue weighted by Crippen LogP contribution is 2.51. The minimum absolute atomic E-state index is 0.0599. The van der Waals surface area contributed by atoms with Crippen molar-refractivity contribution in [2.24, 2.45) is 0 Å². The van der Waals surface area contributed by atoms with Crippen LogP contribution in [0, 0.1) is 11.3 Å². The Hall–Kier alpha value is -2.49. The van der Waals surface area contributed by atoms with Gasteiger partial charge < -0.3 is 10.1 Å². The van der Waals surface area contributed by atoms with E-state index in [0.29, 0.717) is 12.3 Å².